The molecule has 0 aromatic carbocycles. The maximum Gasteiger partial charge on any atom is 0.341 e. The quantitative estimate of drug-likeness (QED) is 0.776. The van der Waals surface area contributed by atoms with Crippen LogP contribution >= 0.6 is 0 Å². The first kappa shape index (κ1) is 14.8. The van der Waals surface area contributed by atoms with Gasteiger partial charge in [-0.15, -0.1) is 0 Å². The van der Waals surface area contributed by atoms with Gasteiger partial charge in [-0.1, -0.05) is 0 Å². The van der Waals surface area contributed by atoms with Crippen LogP contribution in [0.3, 0.4) is 0 Å². The van der Waals surface area contributed by atoms with Crippen LogP contribution < -0.4 is 0 Å². The van der Waals surface area contributed by atoms with E-state index in [9.17, 15) is 13.6 Å². The van der Waals surface area contributed by atoms with Crippen molar-refractivity contribution in [1.82, 2.24) is 9.97 Å². The lowest BCUT2D eigenvalue weighted by Crippen LogP contribution is -2.14. The molecular formula is C13H16F2N2O3. The Kier molecular flexibility index (Phi) is 4.94. The minimum Gasteiger partial charge on any atom is -0.462 e. The fraction of sp³-hybridized carbons (Fsp3) is 0.615. The smallest absolute Gasteiger partial charge is 0.341 e. The van der Waals surface area contributed by atoms with Gasteiger partial charge in [0.2, 0.25) is 0 Å². The molecule has 0 amide bonds. The van der Waals surface area contributed by atoms with Crippen LogP contribution in [0.2, 0.25) is 0 Å². The van der Waals surface area contributed by atoms with Crippen molar-refractivity contribution in [1.29, 1.82) is 0 Å². The summed E-state index contributed by atoms with van der Waals surface area (Å²) in [4.78, 5) is 19.4. The van der Waals surface area contributed by atoms with Crippen molar-refractivity contribution >= 4 is 5.97 Å². The van der Waals surface area contributed by atoms with Crippen LogP contribution in [0.1, 0.15) is 41.6 Å². The van der Waals surface area contributed by atoms with Crippen molar-refractivity contribution in [2.75, 3.05) is 19.8 Å². The highest BCUT2D eigenvalue weighted by molar-refractivity contribution is 5.90. The summed E-state index contributed by atoms with van der Waals surface area (Å²) in [5, 5.41) is 0. The first-order valence-electron chi connectivity index (χ1n) is 6.50. The molecule has 0 saturated carbocycles. The summed E-state index contributed by atoms with van der Waals surface area (Å²) < 4.78 is 35.9. The fourth-order valence-electron chi connectivity index (χ4n) is 2.07. The summed E-state index contributed by atoms with van der Waals surface area (Å²) in [6.07, 6.45) is -0.371. The van der Waals surface area contributed by atoms with Crippen molar-refractivity contribution in [3.8, 4) is 0 Å². The second-order valence-electron chi connectivity index (χ2n) is 4.54. The minimum absolute atomic E-state index is 0.114. The number of rotatable bonds is 5. The van der Waals surface area contributed by atoms with E-state index >= 15 is 0 Å². The molecule has 1 saturated heterocycles. The van der Waals surface area contributed by atoms with Crippen molar-refractivity contribution in [3.05, 3.63) is 23.3 Å². The molecule has 1 unspecified atom stereocenters. The maximum absolute atomic E-state index is 13.0. The van der Waals surface area contributed by atoms with Gasteiger partial charge in [0, 0.05) is 25.8 Å². The highest BCUT2D eigenvalue weighted by Gasteiger charge is 2.24. The van der Waals surface area contributed by atoms with Gasteiger partial charge in [-0.25, -0.2) is 23.5 Å². The molecule has 1 atom stereocenters. The zero-order valence-electron chi connectivity index (χ0n) is 11.1. The largest absolute Gasteiger partial charge is 0.462 e. The predicted molar refractivity (Wildman–Crippen MR) is 65.6 cm³/mol. The molecule has 0 spiro atoms. The molecule has 0 bridgehead atoms. The summed E-state index contributed by atoms with van der Waals surface area (Å²) in [6, 6.07) is 0. The average Bonchev–Trinajstić information content (AvgIpc) is 2.91. The van der Waals surface area contributed by atoms with Crippen LogP contribution in [0.4, 0.5) is 8.78 Å². The van der Waals surface area contributed by atoms with Gasteiger partial charge in [-0.3, -0.25) is 0 Å². The van der Waals surface area contributed by atoms with Crippen LogP contribution in [0.25, 0.3) is 0 Å². The first-order valence-corrected chi connectivity index (χ1v) is 6.50. The Morgan fingerprint density at radius 2 is 2.40 bits per heavy atom. The highest BCUT2D eigenvalue weighted by Crippen LogP contribution is 2.23. The molecule has 1 aliphatic heterocycles. The monoisotopic (exact) mass is 286 g/mol. The number of halogens is 2. The molecule has 7 heteroatoms. The van der Waals surface area contributed by atoms with E-state index < -0.39 is 18.1 Å². The van der Waals surface area contributed by atoms with Crippen LogP contribution in [0.15, 0.2) is 6.20 Å². The van der Waals surface area contributed by atoms with E-state index in [1.807, 2.05) is 0 Å². The zero-order valence-corrected chi connectivity index (χ0v) is 11.1. The number of hydrogen-bond donors (Lipinski definition) is 0. The Labute approximate surface area is 115 Å². The standard InChI is InChI=1S/C13H16F2N2O3/c1-2-20-13(18)9-6-16-10(17-11(9)12(14)15)5-8-3-4-19-7-8/h6,8,12H,2-5,7H2,1H3. The molecule has 5 nitrogen and oxygen atoms in total. The molecule has 20 heavy (non-hydrogen) atoms. The van der Waals surface area contributed by atoms with Gasteiger partial charge < -0.3 is 9.47 Å². The van der Waals surface area contributed by atoms with Crippen molar-refractivity contribution in [2.45, 2.75) is 26.2 Å². The molecule has 0 radical (unpaired) electrons. The summed E-state index contributed by atoms with van der Waals surface area (Å²) in [5.74, 6) is -0.267. The Bertz CT molecular complexity index is 477. The summed E-state index contributed by atoms with van der Waals surface area (Å²) >= 11 is 0. The molecule has 0 aliphatic carbocycles. The fourth-order valence-corrected chi connectivity index (χ4v) is 2.07. The van der Waals surface area contributed by atoms with Crippen LogP contribution in [0, 0.1) is 5.92 Å². The zero-order chi connectivity index (χ0) is 14.5. The van der Waals surface area contributed by atoms with Crippen molar-refractivity contribution in [2.24, 2.45) is 5.92 Å². The Morgan fingerprint density at radius 1 is 1.60 bits per heavy atom. The molecule has 1 aromatic heterocycles. The second kappa shape index (κ2) is 6.69. The van der Waals surface area contributed by atoms with E-state index in [1.54, 1.807) is 6.92 Å². The van der Waals surface area contributed by atoms with Gasteiger partial charge >= 0.3 is 5.97 Å². The predicted octanol–water partition coefficient (Wildman–Crippen LogP) is 2.17. The van der Waals surface area contributed by atoms with E-state index in [2.05, 4.69) is 9.97 Å². The van der Waals surface area contributed by atoms with E-state index in [0.29, 0.717) is 25.5 Å². The second-order valence-corrected chi connectivity index (χ2v) is 4.54. The third kappa shape index (κ3) is 3.47. The number of hydrogen-bond acceptors (Lipinski definition) is 5. The van der Waals surface area contributed by atoms with Gasteiger partial charge in [-0.05, 0) is 19.3 Å². The molecular weight excluding hydrogens is 270 g/mol. The van der Waals surface area contributed by atoms with Crippen LogP contribution in [-0.2, 0) is 15.9 Å². The van der Waals surface area contributed by atoms with E-state index in [4.69, 9.17) is 9.47 Å². The Balaban J connectivity index is 2.20. The number of ether oxygens (including phenoxy) is 2. The molecule has 2 heterocycles. The van der Waals surface area contributed by atoms with E-state index in [0.717, 1.165) is 12.6 Å². The van der Waals surface area contributed by atoms with Crippen LogP contribution in [-0.4, -0.2) is 35.8 Å². The van der Waals surface area contributed by atoms with Gasteiger partial charge in [0.15, 0.2) is 0 Å². The number of carbonyl (C=O) groups is 1. The summed E-state index contributed by atoms with van der Waals surface area (Å²) in [5.41, 5.74) is -0.833. The molecule has 110 valence electrons. The minimum atomic E-state index is -2.84. The van der Waals surface area contributed by atoms with Gasteiger partial charge in [0.25, 0.3) is 6.43 Å². The van der Waals surface area contributed by atoms with Crippen molar-refractivity contribution < 1.29 is 23.0 Å². The highest BCUT2D eigenvalue weighted by atomic mass is 19.3. The summed E-state index contributed by atoms with van der Waals surface area (Å²) in [7, 11) is 0. The lowest BCUT2D eigenvalue weighted by molar-refractivity contribution is 0.0512. The lowest BCUT2D eigenvalue weighted by atomic mass is 10.0. The number of nitrogens with zero attached hydrogens (tertiary/aromatic N) is 2. The van der Waals surface area contributed by atoms with E-state index in [1.165, 1.54) is 0 Å². The molecule has 1 aromatic rings. The maximum atomic E-state index is 13.0. The normalized spacial score (nSPS) is 18.5. The average molecular weight is 286 g/mol. The van der Waals surface area contributed by atoms with Gasteiger partial charge in [0.05, 0.1) is 6.61 Å². The molecule has 1 aliphatic rings. The molecule has 1 fully saturated rings. The van der Waals surface area contributed by atoms with Crippen LogP contribution in [0.5, 0.6) is 0 Å². The molecule has 2 rings (SSSR count). The third-order valence-corrected chi connectivity index (χ3v) is 3.07. The first-order chi connectivity index (χ1) is 9.61. The van der Waals surface area contributed by atoms with Crippen molar-refractivity contribution in [3.63, 3.8) is 0 Å². The number of aromatic nitrogens is 2. The van der Waals surface area contributed by atoms with E-state index in [-0.39, 0.29) is 18.1 Å². The summed E-state index contributed by atoms with van der Waals surface area (Å²) in [6.45, 7) is 2.98. The van der Waals surface area contributed by atoms with Gasteiger partial charge in [-0.2, -0.15) is 0 Å². The number of esters is 1. The SMILES string of the molecule is CCOC(=O)c1cnc(CC2CCOC2)nc1C(F)F. The van der Waals surface area contributed by atoms with Gasteiger partial charge in [0.1, 0.15) is 17.1 Å². The lowest BCUT2D eigenvalue weighted by Gasteiger charge is -2.10. The topological polar surface area (TPSA) is 61.3 Å². The Morgan fingerprint density at radius 3 is 3.00 bits per heavy atom. The Hall–Kier alpha value is -1.63. The number of alkyl halides is 2. The molecule has 0 N–H and O–H groups in total. The third-order valence-electron chi connectivity index (χ3n) is 3.07. The number of carbonyl (C=O) groups excluding carboxylic acids is 1.